The van der Waals surface area contributed by atoms with Gasteiger partial charge in [0.05, 0.1) is 17.7 Å². The number of hydrogen-bond acceptors (Lipinski definition) is 4. The van der Waals surface area contributed by atoms with Gasteiger partial charge in [-0.3, -0.25) is 14.4 Å². The fourth-order valence-corrected chi connectivity index (χ4v) is 3.33. The van der Waals surface area contributed by atoms with Crippen LogP contribution in [0.1, 0.15) is 61.2 Å². The number of carbonyl (C=O) groups is 3. The highest BCUT2D eigenvalue weighted by Crippen LogP contribution is 2.27. The summed E-state index contributed by atoms with van der Waals surface area (Å²) in [6.07, 6.45) is 4.51. The van der Waals surface area contributed by atoms with Gasteiger partial charge in [-0.05, 0) is 33.1 Å². The standard InChI is InChI=1S/C19H28N2O5/c1-4-5-8-20-18(24)14-7-6-13(3)21(10-14)19(25)17-12(2)11-26-15(17)9-16(22)23/h11,13-14H,4-10H2,1-3H3,(H,20,24)(H,22,23). The molecule has 0 radical (unpaired) electrons. The lowest BCUT2D eigenvalue weighted by atomic mass is 9.91. The second kappa shape index (κ2) is 8.87. The monoisotopic (exact) mass is 364 g/mol. The van der Waals surface area contributed by atoms with Crippen LogP contribution in [-0.2, 0) is 16.0 Å². The highest BCUT2D eigenvalue weighted by molar-refractivity contribution is 5.98. The van der Waals surface area contributed by atoms with Crippen molar-refractivity contribution in [2.24, 2.45) is 5.92 Å². The maximum Gasteiger partial charge on any atom is 0.311 e. The first kappa shape index (κ1) is 20.0. The van der Waals surface area contributed by atoms with E-state index in [1.807, 2.05) is 6.92 Å². The third kappa shape index (κ3) is 4.65. The van der Waals surface area contributed by atoms with Crippen LogP contribution in [0.2, 0.25) is 0 Å². The predicted octanol–water partition coefficient (Wildman–Crippen LogP) is 2.37. The molecular formula is C19H28N2O5. The van der Waals surface area contributed by atoms with E-state index in [0.29, 0.717) is 24.2 Å². The highest BCUT2D eigenvalue weighted by Gasteiger charge is 2.35. The molecule has 1 aromatic rings. The molecule has 2 rings (SSSR count). The minimum Gasteiger partial charge on any atom is -0.481 e. The molecule has 2 N–H and O–H groups in total. The molecule has 0 aromatic carbocycles. The van der Waals surface area contributed by atoms with Gasteiger partial charge in [0.15, 0.2) is 0 Å². The van der Waals surface area contributed by atoms with Gasteiger partial charge in [-0.15, -0.1) is 0 Å². The van der Waals surface area contributed by atoms with Crippen molar-refractivity contribution in [3.63, 3.8) is 0 Å². The van der Waals surface area contributed by atoms with Crippen LogP contribution >= 0.6 is 0 Å². The Labute approximate surface area is 153 Å². The van der Waals surface area contributed by atoms with Crippen molar-refractivity contribution in [1.29, 1.82) is 0 Å². The summed E-state index contributed by atoms with van der Waals surface area (Å²) in [5.74, 6) is -1.39. The van der Waals surface area contributed by atoms with Crippen LogP contribution in [0.3, 0.4) is 0 Å². The van der Waals surface area contributed by atoms with Crippen LogP contribution in [0.25, 0.3) is 0 Å². The van der Waals surface area contributed by atoms with Crippen molar-refractivity contribution < 1.29 is 23.9 Å². The Morgan fingerprint density at radius 2 is 2.08 bits per heavy atom. The first-order valence-corrected chi connectivity index (χ1v) is 9.22. The van der Waals surface area contributed by atoms with Crippen LogP contribution in [0, 0.1) is 12.8 Å². The van der Waals surface area contributed by atoms with Crippen molar-refractivity contribution in [3.8, 4) is 0 Å². The van der Waals surface area contributed by atoms with Crippen LogP contribution < -0.4 is 5.32 Å². The maximum atomic E-state index is 13.1. The molecule has 2 heterocycles. The first-order valence-electron chi connectivity index (χ1n) is 9.22. The molecule has 0 bridgehead atoms. The smallest absolute Gasteiger partial charge is 0.311 e. The van der Waals surface area contributed by atoms with Gasteiger partial charge in [-0.1, -0.05) is 13.3 Å². The van der Waals surface area contributed by atoms with E-state index in [0.717, 1.165) is 25.7 Å². The number of carboxylic acids is 1. The molecule has 2 amide bonds. The Morgan fingerprint density at radius 3 is 2.73 bits per heavy atom. The quantitative estimate of drug-likeness (QED) is 0.724. The number of furan rings is 1. The zero-order chi connectivity index (χ0) is 19.3. The first-order chi connectivity index (χ1) is 12.3. The lowest BCUT2D eigenvalue weighted by molar-refractivity contribution is -0.136. The Hall–Kier alpha value is -2.31. The summed E-state index contributed by atoms with van der Waals surface area (Å²) in [5.41, 5.74) is 0.930. The largest absolute Gasteiger partial charge is 0.481 e. The number of amides is 2. The number of carbonyl (C=O) groups excluding carboxylic acids is 2. The number of rotatable bonds is 7. The van der Waals surface area contributed by atoms with E-state index in [2.05, 4.69) is 12.2 Å². The summed E-state index contributed by atoms with van der Waals surface area (Å²) >= 11 is 0. The Bertz CT molecular complexity index is 667. The van der Waals surface area contributed by atoms with Crippen LogP contribution in [-0.4, -0.2) is 46.9 Å². The van der Waals surface area contributed by atoms with Gasteiger partial charge in [0.2, 0.25) is 5.91 Å². The second-order valence-corrected chi connectivity index (χ2v) is 7.01. The van der Waals surface area contributed by atoms with Crippen molar-refractivity contribution in [1.82, 2.24) is 10.2 Å². The van der Waals surface area contributed by atoms with E-state index in [9.17, 15) is 14.4 Å². The molecule has 1 aromatic heterocycles. The Morgan fingerprint density at radius 1 is 1.35 bits per heavy atom. The summed E-state index contributed by atoms with van der Waals surface area (Å²) in [7, 11) is 0. The van der Waals surface area contributed by atoms with Crippen molar-refractivity contribution in [2.45, 2.75) is 58.9 Å². The number of nitrogens with one attached hydrogen (secondary N) is 1. The maximum absolute atomic E-state index is 13.1. The van der Waals surface area contributed by atoms with E-state index in [1.165, 1.54) is 6.26 Å². The number of nitrogens with zero attached hydrogens (tertiary/aromatic N) is 1. The lowest BCUT2D eigenvalue weighted by Gasteiger charge is -2.37. The number of likely N-dealkylation sites (tertiary alicyclic amines) is 1. The third-order valence-corrected chi connectivity index (χ3v) is 4.92. The van der Waals surface area contributed by atoms with Gasteiger partial charge in [-0.25, -0.2) is 0 Å². The van der Waals surface area contributed by atoms with Gasteiger partial charge in [0, 0.05) is 24.7 Å². The number of aliphatic carboxylic acids is 1. The number of hydrogen-bond donors (Lipinski definition) is 2. The molecule has 1 fully saturated rings. The van der Waals surface area contributed by atoms with Crippen molar-refractivity contribution in [3.05, 3.63) is 23.2 Å². The van der Waals surface area contributed by atoms with Gasteiger partial charge in [-0.2, -0.15) is 0 Å². The molecule has 0 saturated carbocycles. The molecule has 2 unspecified atom stereocenters. The van der Waals surface area contributed by atoms with E-state index in [1.54, 1.807) is 11.8 Å². The van der Waals surface area contributed by atoms with Crippen molar-refractivity contribution >= 4 is 17.8 Å². The molecule has 2 atom stereocenters. The minimum atomic E-state index is -1.05. The summed E-state index contributed by atoms with van der Waals surface area (Å²) in [5, 5.41) is 12.0. The fourth-order valence-electron chi connectivity index (χ4n) is 3.33. The number of aryl methyl sites for hydroxylation is 1. The second-order valence-electron chi connectivity index (χ2n) is 7.01. The average molecular weight is 364 g/mol. The number of piperidine rings is 1. The number of carboxylic acid groups (broad SMARTS) is 1. The summed E-state index contributed by atoms with van der Waals surface area (Å²) in [6.45, 7) is 6.74. The van der Waals surface area contributed by atoms with Crippen LogP contribution in [0.15, 0.2) is 10.7 Å². The molecule has 26 heavy (non-hydrogen) atoms. The topological polar surface area (TPSA) is 99.9 Å². The molecule has 1 aliphatic rings. The molecule has 1 aliphatic heterocycles. The SMILES string of the molecule is CCCCNC(=O)C1CCC(C)N(C(=O)c2c(C)coc2CC(=O)O)C1. The molecule has 7 heteroatoms. The Kier molecular flexibility index (Phi) is 6.83. The fraction of sp³-hybridized carbons (Fsp3) is 0.632. The molecule has 0 aliphatic carbocycles. The van der Waals surface area contributed by atoms with Crippen LogP contribution in [0.5, 0.6) is 0 Å². The lowest BCUT2D eigenvalue weighted by Crippen LogP contribution is -2.49. The van der Waals surface area contributed by atoms with Crippen molar-refractivity contribution in [2.75, 3.05) is 13.1 Å². The van der Waals surface area contributed by atoms with E-state index >= 15 is 0 Å². The zero-order valence-corrected chi connectivity index (χ0v) is 15.7. The van der Waals surface area contributed by atoms with Gasteiger partial charge in [0.1, 0.15) is 12.2 Å². The Balaban J connectivity index is 2.13. The van der Waals surface area contributed by atoms with Crippen LogP contribution in [0.4, 0.5) is 0 Å². The van der Waals surface area contributed by atoms with Gasteiger partial charge in [0.25, 0.3) is 5.91 Å². The minimum absolute atomic E-state index is 0.00540. The normalized spacial score (nSPS) is 20.0. The molecular weight excluding hydrogens is 336 g/mol. The van der Waals surface area contributed by atoms with E-state index in [4.69, 9.17) is 9.52 Å². The third-order valence-electron chi connectivity index (χ3n) is 4.92. The average Bonchev–Trinajstić information content (AvgIpc) is 2.94. The zero-order valence-electron chi connectivity index (χ0n) is 15.7. The summed E-state index contributed by atoms with van der Waals surface area (Å²) < 4.78 is 5.29. The van der Waals surface area contributed by atoms with E-state index < -0.39 is 5.97 Å². The molecule has 144 valence electrons. The van der Waals surface area contributed by atoms with Gasteiger partial charge < -0.3 is 19.7 Å². The molecule has 1 saturated heterocycles. The van der Waals surface area contributed by atoms with E-state index in [-0.39, 0.29) is 36.0 Å². The summed E-state index contributed by atoms with van der Waals surface area (Å²) in [4.78, 5) is 38.1. The number of unbranched alkanes of at least 4 members (excludes halogenated alkanes) is 1. The van der Waals surface area contributed by atoms with Gasteiger partial charge >= 0.3 is 5.97 Å². The summed E-state index contributed by atoms with van der Waals surface area (Å²) in [6, 6.07) is -0.00540. The highest BCUT2D eigenvalue weighted by atomic mass is 16.4. The molecule has 7 nitrogen and oxygen atoms in total. The predicted molar refractivity (Wildman–Crippen MR) is 95.9 cm³/mol. The molecule has 0 spiro atoms.